The van der Waals surface area contributed by atoms with Crippen LogP contribution in [0.5, 0.6) is 0 Å². The van der Waals surface area contributed by atoms with E-state index >= 15 is 0 Å². The predicted octanol–water partition coefficient (Wildman–Crippen LogP) is 4.33. The van der Waals surface area contributed by atoms with Crippen LogP contribution in [0.15, 0.2) is 12.1 Å². The molecule has 1 rings (SSSR count). The van der Waals surface area contributed by atoms with E-state index in [0.29, 0.717) is 6.42 Å². The smallest absolute Gasteiger partial charge is 0.221 e. The molecule has 1 aromatic rings. The fourth-order valence-electron chi connectivity index (χ4n) is 2.30. The number of carbonyl (C=O) groups is 1. The first-order chi connectivity index (χ1) is 9.20. The van der Waals surface area contributed by atoms with Crippen LogP contribution in [-0.2, 0) is 26.5 Å². The molecule has 2 nitrogen and oxygen atoms in total. The molecule has 0 saturated heterocycles. The van der Waals surface area contributed by atoms with Crippen LogP contribution in [0.3, 0.4) is 0 Å². The monoisotopic (exact) mass is 330 g/mol. The van der Waals surface area contributed by atoms with E-state index in [1.54, 1.807) is 0 Å². The summed E-state index contributed by atoms with van der Waals surface area (Å²) in [5.41, 5.74) is -0.504. The van der Waals surface area contributed by atoms with Crippen molar-refractivity contribution >= 4 is 11.6 Å². The van der Waals surface area contributed by atoms with Crippen LogP contribution < -0.4 is 4.90 Å². The van der Waals surface area contributed by atoms with Crippen molar-refractivity contribution in [1.29, 1.82) is 0 Å². The van der Waals surface area contributed by atoms with Crippen molar-refractivity contribution in [3.63, 3.8) is 0 Å². The Labute approximate surface area is 140 Å². The molecule has 21 heavy (non-hydrogen) atoms. The van der Waals surface area contributed by atoms with Gasteiger partial charge in [-0.1, -0.05) is 27.2 Å². The number of hydrogen-bond acceptors (Lipinski definition) is 1. The molecule has 0 bridgehead atoms. The minimum atomic E-state index is -0.834. The number of benzene rings is 1. The number of hydrogen-bond donors (Lipinski definition) is 0. The molecule has 0 spiro atoms. The quantitative estimate of drug-likeness (QED) is 0.581. The Morgan fingerprint density at radius 3 is 2.33 bits per heavy atom. The number of carbonyl (C=O) groups excluding carboxylic acids is 1. The Balaban J connectivity index is 0.00000400. The van der Waals surface area contributed by atoms with Gasteiger partial charge >= 0.3 is 0 Å². The molecule has 0 aliphatic rings. The molecule has 1 amide bonds. The second-order valence-corrected chi connectivity index (χ2v) is 5.91. The van der Waals surface area contributed by atoms with E-state index in [4.69, 9.17) is 0 Å². The second kappa shape index (κ2) is 8.04. The van der Waals surface area contributed by atoms with Gasteiger partial charge in [-0.25, -0.2) is 8.78 Å². The predicted molar refractivity (Wildman–Crippen MR) is 76.5 cm³/mol. The fraction of sp³-hybridized carbons (Fsp3) is 0.562. The zero-order chi connectivity index (χ0) is 15.5. The van der Waals surface area contributed by atoms with Crippen molar-refractivity contribution in [2.75, 3.05) is 4.90 Å². The summed E-state index contributed by atoms with van der Waals surface area (Å²) in [6, 6.07) is 4.18. The number of rotatable bonds is 5. The number of anilines is 1. The standard InChI is InChI=1S/C16H22F2NO.Ti/c1-6-9-16(4,5)15(20)19(11(2)3)14-8-7-12(17)10-13(14)18;/h7-8,11H,6,9H2,1-5H3;/q-1;. The first-order valence-corrected chi connectivity index (χ1v) is 6.91. The number of nitrogens with zero attached hydrogens (tertiary/aromatic N) is 1. The molecule has 0 aromatic heterocycles. The van der Waals surface area contributed by atoms with E-state index < -0.39 is 17.0 Å². The van der Waals surface area contributed by atoms with Gasteiger partial charge in [0.25, 0.3) is 0 Å². The van der Waals surface area contributed by atoms with Gasteiger partial charge < -0.3 is 4.90 Å². The molecule has 116 valence electrons. The topological polar surface area (TPSA) is 20.3 Å². The average molecular weight is 330 g/mol. The molecular formula is C16H22F2NOTi-. The summed E-state index contributed by atoms with van der Waals surface area (Å²) in [5.74, 6) is -1.76. The molecular weight excluding hydrogens is 308 g/mol. The van der Waals surface area contributed by atoms with Crippen molar-refractivity contribution in [1.82, 2.24) is 0 Å². The molecule has 0 radical (unpaired) electrons. The zero-order valence-corrected chi connectivity index (χ0v) is 14.8. The largest absolute Gasteiger partial charge is 0.361 e. The summed E-state index contributed by atoms with van der Waals surface area (Å²) in [6.07, 6.45) is 1.57. The maximum Gasteiger partial charge on any atom is 0.221 e. The molecule has 0 N–H and O–H groups in total. The minimum Gasteiger partial charge on any atom is -0.361 e. The normalized spacial score (nSPS) is 11.2. The van der Waals surface area contributed by atoms with Gasteiger partial charge in [-0.2, -0.15) is 0 Å². The SMILES string of the molecule is CCCC(C)(C)C(=O)N(c1ccc(F)[c-]c1F)C(C)C.[Ti]. The van der Waals surface area contributed by atoms with Crippen LogP contribution in [0.2, 0.25) is 0 Å². The van der Waals surface area contributed by atoms with Crippen molar-refractivity contribution in [3.8, 4) is 0 Å². The third-order valence-electron chi connectivity index (χ3n) is 3.29. The van der Waals surface area contributed by atoms with E-state index in [0.717, 1.165) is 12.5 Å². The Bertz CT molecular complexity index is 489. The van der Waals surface area contributed by atoms with Gasteiger partial charge in [0.15, 0.2) is 0 Å². The summed E-state index contributed by atoms with van der Waals surface area (Å²) < 4.78 is 26.9. The fourth-order valence-corrected chi connectivity index (χ4v) is 2.30. The molecule has 0 saturated carbocycles. The number of halogens is 2. The van der Waals surface area contributed by atoms with Gasteiger partial charge in [-0.3, -0.25) is 4.79 Å². The van der Waals surface area contributed by atoms with Crippen LogP contribution in [-0.4, -0.2) is 11.9 Å². The van der Waals surface area contributed by atoms with Crippen LogP contribution in [0, 0.1) is 23.1 Å². The molecule has 0 atom stereocenters. The van der Waals surface area contributed by atoms with Crippen molar-refractivity contribution in [2.24, 2.45) is 5.41 Å². The maximum absolute atomic E-state index is 13.9. The van der Waals surface area contributed by atoms with E-state index in [9.17, 15) is 13.6 Å². The minimum absolute atomic E-state index is 0. The van der Waals surface area contributed by atoms with Gasteiger partial charge in [0, 0.05) is 44.8 Å². The van der Waals surface area contributed by atoms with Gasteiger partial charge in [-0.05, 0) is 26.0 Å². The molecule has 0 fully saturated rings. The summed E-state index contributed by atoms with van der Waals surface area (Å²) in [6.45, 7) is 9.31. The Morgan fingerprint density at radius 2 is 1.90 bits per heavy atom. The molecule has 0 aliphatic carbocycles. The van der Waals surface area contributed by atoms with Crippen molar-refractivity contribution in [2.45, 2.75) is 53.5 Å². The third-order valence-corrected chi connectivity index (χ3v) is 3.29. The Hall–Kier alpha value is -0.736. The van der Waals surface area contributed by atoms with Gasteiger partial charge in [0.2, 0.25) is 5.91 Å². The molecule has 5 heteroatoms. The van der Waals surface area contributed by atoms with Crippen LogP contribution >= 0.6 is 0 Å². The first kappa shape index (κ1) is 20.3. The van der Waals surface area contributed by atoms with Crippen molar-refractivity contribution < 1.29 is 35.3 Å². The van der Waals surface area contributed by atoms with Crippen LogP contribution in [0.4, 0.5) is 14.5 Å². The maximum atomic E-state index is 13.9. The summed E-state index contributed by atoms with van der Waals surface area (Å²) in [5, 5.41) is 0. The van der Waals surface area contributed by atoms with Gasteiger partial charge in [0.05, 0.1) is 0 Å². The summed E-state index contributed by atoms with van der Waals surface area (Å²) in [7, 11) is 0. The van der Waals surface area contributed by atoms with Crippen molar-refractivity contribution in [3.05, 3.63) is 29.8 Å². The van der Waals surface area contributed by atoms with Gasteiger partial charge in [0.1, 0.15) is 0 Å². The van der Waals surface area contributed by atoms with E-state index in [1.165, 1.54) is 11.0 Å². The third kappa shape index (κ3) is 4.89. The Morgan fingerprint density at radius 1 is 1.33 bits per heavy atom. The Kier molecular flexibility index (Phi) is 7.76. The zero-order valence-electron chi connectivity index (χ0n) is 13.3. The number of amides is 1. The second-order valence-electron chi connectivity index (χ2n) is 5.91. The van der Waals surface area contributed by atoms with Crippen LogP contribution in [0.25, 0.3) is 0 Å². The molecule has 0 heterocycles. The van der Waals surface area contributed by atoms with Crippen LogP contribution in [0.1, 0.15) is 47.5 Å². The van der Waals surface area contributed by atoms with E-state index in [2.05, 4.69) is 0 Å². The van der Waals surface area contributed by atoms with Gasteiger partial charge in [-0.15, -0.1) is 18.2 Å². The van der Waals surface area contributed by atoms with E-state index in [1.807, 2.05) is 40.7 Å². The summed E-state index contributed by atoms with van der Waals surface area (Å²) >= 11 is 0. The first-order valence-electron chi connectivity index (χ1n) is 6.91. The molecule has 1 aromatic carbocycles. The molecule has 0 unspecified atom stereocenters. The average Bonchev–Trinajstić information content (AvgIpc) is 2.31. The molecule has 0 aliphatic heterocycles. The summed E-state index contributed by atoms with van der Waals surface area (Å²) in [4.78, 5) is 14.1. The van der Waals surface area contributed by atoms with E-state index in [-0.39, 0.29) is 39.4 Å².